The fourth-order valence-electron chi connectivity index (χ4n) is 2.10. The van der Waals surface area contributed by atoms with Crippen LogP contribution in [0.1, 0.15) is 61.4 Å². The minimum atomic E-state index is 0.566. The van der Waals surface area contributed by atoms with Crippen LogP contribution < -0.4 is 5.32 Å². The smallest absolute Gasteiger partial charge is 0.0414 e. The molecular formula is C15H27NS. The Morgan fingerprint density at radius 3 is 2.41 bits per heavy atom. The fourth-order valence-corrected chi connectivity index (χ4v) is 3.25. The summed E-state index contributed by atoms with van der Waals surface area (Å²) in [6.45, 7) is 12.3. The van der Waals surface area contributed by atoms with Crippen LogP contribution in [0.4, 0.5) is 0 Å². The molecule has 0 spiro atoms. The molecule has 1 aromatic heterocycles. The van der Waals surface area contributed by atoms with Gasteiger partial charge in [0.2, 0.25) is 0 Å². The molecule has 17 heavy (non-hydrogen) atoms. The van der Waals surface area contributed by atoms with E-state index >= 15 is 0 Å². The molecule has 1 N–H and O–H groups in total. The van der Waals surface area contributed by atoms with Crippen molar-refractivity contribution in [2.75, 3.05) is 6.54 Å². The summed E-state index contributed by atoms with van der Waals surface area (Å²) in [5.41, 5.74) is 1.44. The Labute approximate surface area is 111 Å². The van der Waals surface area contributed by atoms with Gasteiger partial charge in [-0.1, -0.05) is 33.6 Å². The van der Waals surface area contributed by atoms with Gasteiger partial charge in [-0.2, -0.15) is 0 Å². The van der Waals surface area contributed by atoms with E-state index in [0.717, 1.165) is 12.5 Å². The van der Waals surface area contributed by atoms with Crippen LogP contribution in [0.3, 0.4) is 0 Å². The molecule has 1 heterocycles. The maximum atomic E-state index is 3.62. The molecule has 1 atom stereocenters. The zero-order valence-electron chi connectivity index (χ0n) is 12.0. The van der Waals surface area contributed by atoms with E-state index in [0.29, 0.717) is 6.04 Å². The Hall–Kier alpha value is -0.340. The average Bonchev–Trinajstić information content (AvgIpc) is 2.57. The van der Waals surface area contributed by atoms with E-state index in [1.54, 1.807) is 0 Å². The standard InChI is InChI=1S/C15H27NS/c1-6-16-14(9-7-8-11(2)3)15-10-12(4)13(5)17-15/h10-11,14,16H,6-9H2,1-5H3. The molecule has 1 rings (SSSR count). The van der Waals surface area contributed by atoms with Crippen LogP contribution in [0.5, 0.6) is 0 Å². The lowest BCUT2D eigenvalue weighted by Gasteiger charge is -2.17. The molecule has 0 radical (unpaired) electrons. The molecule has 0 aliphatic carbocycles. The Morgan fingerprint density at radius 1 is 1.24 bits per heavy atom. The van der Waals surface area contributed by atoms with E-state index in [2.05, 4.69) is 46.0 Å². The highest BCUT2D eigenvalue weighted by atomic mass is 32.1. The Bertz CT molecular complexity index is 308. The first kappa shape index (κ1) is 14.7. The number of hydrogen-bond acceptors (Lipinski definition) is 2. The Balaban J connectivity index is 2.58. The minimum absolute atomic E-state index is 0.566. The maximum Gasteiger partial charge on any atom is 0.0414 e. The number of aryl methyl sites for hydroxylation is 2. The normalized spacial score (nSPS) is 13.3. The summed E-state index contributed by atoms with van der Waals surface area (Å²) in [6, 6.07) is 2.93. The zero-order chi connectivity index (χ0) is 12.8. The van der Waals surface area contributed by atoms with Crippen LogP contribution in [0.2, 0.25) is 0 Å². The predicted molar refractivity (Wildman–Crippen MR) is 78.9 cm³/mol. The first-order valence-electron chi connectivity index (χ1n) is 6.84. The van der Waals surface area contributed by atoms with Crippen molar-refractivity contribution in [1.29, 1.82) is 0 Å². The van der Waals surface area contributed by atoms with E-state index in [4.69, 9.17) is 0 Å². The van der Waals surface area contributed by atoms with Gasteiger partial charge in [0.25, 0.3) is 0 Å². The first-order valence-corrected chi connectivity index (χ1v) is 7.66. The van der Waals surface area contributed by atoms with E-state index < -0.39 is 0 Å². The molecule has 0 saturated heterocycles. The third-order valence-corrected chi connectivity index (χ3v) is 4.52. The molecule has 1 aromatic rings. The quantitative estimate of drug-likeness (QED) is 0.733. The summed E-state index contributed by atoms with van der Waals surface area (Å²) in [7, 11) is 0. The summed E-state index contributed by atoms with van der Waals surface area (Å²) in [4.78, 5) is 2.98. The van der Waals surface area contributed by atoms with E-state index in [-0.39, 0.29) is 0 Å². The second-order valence-electron chi connectivity index (χ2n) is 5.32. The van der Waals surface area contributed by atoms with Gasteiger partial charge in [0.15, 0.2) is 0 Å². The van der Waals surface area contributed by atoms with E-state index in [9.17, 15) is 0 Å². The lowest BCUT2D eigenvalue weighted by Crippen LogP contribution is -2.20. The number of hydrogen-bond donors (Lipinski definition) is 1. The SMILES string of the molecule is CCNC(CCCC(C)C)c1cc(C)c(C)s1. The Morgan fingerprint density at radius 2 is 1.94 bits per heavy atom. The first-order chi connectivity index (χ1) is 8.04. The van der Waals surface area contributed by atoms with Crippen molar-refractivity contribution in [3.63, 3.8) is 0 Å². The molecule has 1 unspecified atom stereocenters. The van der Waals surface area contributed by atoms with Gasteiger partial charge < -0.3 is 5.32 Å². The van der Waals surface area contributed by atoms with Crippen molar-refractivity contribution in [3.8, 4) is 0 Å². The van der Waals surface area contributed by atoms with Gasteiger partial charge in [-0.05, 0) is 44.4 Å². The summed E-state index contributed by atoms with van der Waals surface area (Å²) in [5, 5.41) is 3.62. The Kier molecular flexibility index (Phi) is 6.21. The number of rotatable bonds is 7. The lowest BCUT2D eigenvalue weighted by atomic mass is 10.0. The maximum absolute atomic E-state index is 3.62. The van der Waals surface area contributed by atoms with Crippen molar-refractivity contribution < 1.29 is 0 Å². The van der Waals surface area contributed by atoms with Gasteiger partial charge in [0.1, 0.15) is 0 Å². The zero-order valence-corrected chi connectivity index (χ0v) is 12.8. The van der Waals surface area contributed by atoms with Crippen LogP contribution in [-0.4, -0.2) is 6.54 Å². The summed E-state index contributed by atoms with van der Waals surface area (Å²) >= 11 is 1.96. The van der Waals surface area contributed by atoms with Crippen LogP contribution in [0, 0.1) is 19.8 Å². The highest BCUT2D eigenvalue weighted by Crippen LogP contribution is 2.29. The molecule has 1 nitrogen and oxygen atoms in total. The molecule has 0 fully saturated rings. The molecule has 0 amide bonds. The van der Waals surface area contributed by atoms with Gasteiger partial charge in [0.05, 0.1) is 0 Å². The molecular weight excluding hydrogens is 226 g/mol. The van der Waals surface area contributed by atoms with E-state index in [1.165, 1.54) is 34.6 Å². The molecule has 0 aliphatic rings. The van der Waals surface area contributed by atoms with Gasteiger partial charge in [-0.15, -0.1) is 11.3 Å². The summed E-state index contributed by atoms with van der Waals surface area (Å²) in [5.74, 6) is 0.823. The van der Waals surface area contributed by atoms with Crippen LogP contribution >= 0.6 is 11.3 Å². The molecule has 0 saturated carbocycles. The van der Waals surface area contributed by atoms with Crippen LogP contribution in [0.15, 0.2) is 6.07 Å². The van der Waals surface area contributed by atoms with Gasteiger partial charge in [-0.25, -0.2) is 0 Å². The third-order valence-electron chi connectivity index (χ3n) is 3.25. The van der Waals surface area contributed by atoms with Crippen LogP contribution in [0.25, 0.3) is 0 Å². The topological polar surface area (TPSA) is 12.0 Å². The van der Waals surface area contributed by atoms with Gasteiger partial charge in [0, 0.05) is 15.8 Å². The van der Waals surface area contributed by atoms with Crippen LogP contribution in [-0.2, 0) is 0 Å². The highest BCUT2D eigenvalue weighted by molar-refractivity contribution is 7.12. The molecule has 0 aliphatic heterocycles. The van der Waals surface area contributed by atoms with Gasteiger partial charge in [-0.3, -0.25) is 0 Å². The highest BCUT2D eigenvalue weighted by Gasteiger charge is 2.13. The van der Waals surface area contributed by atoms with E-state index in [1.807, 2.05) is 11.3 Å². The lowest BCUT2D eigenvalue weighted by molar-refractivity contribution is 0.459. The predicted octanol–water partition coefficient (Wildman–Crippen LogP) is 4.84. The molecule has 0 aromatic carbocycles. The van der Waals surface area contributed by atoms with Crippen molar-refractivity contribution in [2.45, 2.75) is 59.9 Å². The third kappa shape index (κ3) is 4.81. The monoisotopic (exact) mass is 253 g/mol. The second kappa shape index (κ2) is 7.17. The van der Waals surface area contributed by atoms with Crippen molar-refractivity contribution in [2.24, 2.45) is 5.92 Å². The largest absolute Gasteiger partial charge is 0.310 e. The van der Waals surface area contributed by atoms with Gasteiger partial charge >= 0.3 is 0 Å². The minimum Gasteiger partial charge on any atom is -0.310 e. The van der Waals surface area contributed by atoms with Crippen molar-refractivity contribution in [1.82, 2.24) is 5.32 Å². The molecule has 98 valence electrons. The van der Waals surface area contributed by atoms with Crippen molar-refractivity contribution >= 4 is 11.3 Å². The summed E-state index contributed by atoms with van der Waals surface area (Å²) < 4.78 is 0. The molecule has 0 bridgehead atoms. The van der Waals surface area contributed by atoms with Crippen molar-refractivity contribution in [3.05, 3.63) is 21.4 Å². The number of nitrogens with one attached hydrogen (secondary N) is 1. The fraction of sp³-hybridized carbons (Fsp3) is 0.733. The number of thiophene rings is 1. The second-order valence-corrected chi connectivity index (χ2v) is 6.61. The summed E-state index contributed by atoms with van der Waals surface area (Å²) in [6.07, 6.45) is 3.93. The molecule has 2 heteroatoms. The average molecular weight is 253 g/mol.